The van der Waals surface area contributed by atoms with Gasteiger partial charge in [-0.1, -0.05) is 24.3 Å². The third kappa shape index (κ3) is 4.85. The van der Waals surface area contributed by atoms with Crippen molar-refractivity contribution in [3.8, 4) is 11.5 Å². The third-order valence-electron chi connectivity index (χ3n) is 5.38. The van der Waals surface area contributed by atoms with Gasteiger partial charge in [0.1, 0.15) is 6.61 Å². The number of benzene rings is 2. The van der Waals surface area contributed by atoms with Crippen LogP contribution in [0, 0.1) is 0 Å². The molecule has 0 spiro atoms. The summed E-state index contributed by atoms with van der Waals surface area (Å²) < 4.78 is 37.2. The predicted octanol–water partition coefficient (Wildman–Crippen LogP) is 2.93. The van der Waals surface area contributed by atoms with E-state index in [2.05, 4.69) is 0 Å². The van der Waals surface area contributed by atoms with E-state index < -0.39 is 10.0 Å². The summed E-state index contributed by atoms with van der Waals surface area (Å²) in [5.41, 5.74) is 1.49. The summed E-state index contributed by atoms with van der Waals surface area (Å²) in [5, 5.41) is 0. The number of nitrogens with zero attached hydrogens (tertiary/aromatic N) is 2. The Bertz CT molecular complexity index is 1070. The first kappa shape index (κ1) is 21.2. The molecule has 0 aliphatic carbocycles. The molecule has 0 N–H and O–H groups in total. The second-order valence-corrected chi connectivity index (χ2v) is 9.55. The van der Waals surface area contributed by atoms with Gasteiger partial charge in [0, 0.05) is 19.2 Å². The number of carbonyl (C=O) groups excluding carboxylic acids is 1. The number of amides is 1. The molecule has 2 aromatic rings. The number of anilines is 1. The standard InChI is InChI=1S/C23H26N2O5S/c1-2-24(16-20-17-29-21-6-3-4-7-22(21)30-20)23(26)13-10-18-8-11-19(12-9-18)25-14-5-15-31(25,27)28/h3-4,6-13,20H,2,5,14-17H2,1H3/b13-10+. The van der Waals surface area contributed by atoms with Crippen molar-refractivity contribution in [2.24, 2.45) is 0 Å². The Morgan fingerprint density at radius 2 is 1.90 bits per heavy atom. The SMILES string of the molecule is CCN(CC1COc2ccccc2O1)C(=O)/C=C/c1ccc(N2CCCS2(=O)=O)cc1. The Hall–Kier alpha value is -3.00. The molecule has 1 fully saturated rings. The number of ether oxygens (including phenoxy) is 2. The van der Waals surface area contributed by atoms with Gasteiger partial charge in [0.25, 0.3) is 0 Å². The van der Waals surface area contributed by atoms with Gasteiger partial charge < -0.3 is 14.4 Å². The first-order valence-electron chi connectivity index (χ1n) is 10.4. The first-order valence-corrected chi connectivity index (χ1v) is 12.0. The molecule has 0 saturated carbocycles. The van der Waals surface area contributed by atoms with Crippen LogP contribution in [0.5, 0.6) is 11.5 Å². The monoisotopic (exact) mass is 442 g/mol. The van der Waals surface area contributed by atoms with Crippen LogP contribution >= 0.6 is 0 Å². The zero-order chi connectivity index (χ0) is 21.8. The molecule has 2 aliphatic rings. The summed E-state index contributed by atoms with van der Waals surface area (Å²) in [6.07, 6.45) is 3.69. The molecule has 7 nitrogen and oxygen atoms in total. The molecule has 0 aromatic heterocycles. The normalized spacial score (nSPS) is 19.5. The maximum absolute atomic E-state index is 12.7. The average Bonchev–Trinajstić information content (AvgIpc) is 3.15. The molecule has 0 bridgehead atoms. The van der Waals surface area contributed by atoms with Crippen LogP contribution in [0.1, 0.15) is 18.9 Å². The summed E-state index contributed by atoms with van der Waals surface area (Å²) in [6.45, 7) is 3.81. The van der Waals surface area contributed by atoms with E-state index in [1.807, 2.05) is 43.3 Å². The van der Waals surface area contributed by atoms with E-state index in [4.69, 9.17) is 9.47 Å². The lowest BCUT2D eigenvalue weighted by Crippen LogP contribution is -2.43. The molecule has 31 heavy (non-hydrogen) atoms. The zero-order valence-electron chi connectivity index (χ0n) is 17.4. The highest BCUT2D eigenvalue weighted by Crippen LogP contribution is 2.31. The third-order valence-corrected chi connectivity index (χ3v) is 7.25. The van der Waals surface area contributed by atoms with Crippen LogP contribution in [0.15, 0.2) is 54.6 Å². The topological polar surface area (TPSA) is 76.2 Å². The maximum atomic E-state index is 12.7. The molecule has 4 rings (SSSR count). The summed E-state index contributed by atoms with van der Waals surface area (Å²) in [6, 6.07) is 14.7. The fourth-order valence-electron chi connectivity index (χ4n) is 3.73. The Labute approximate surface area is 182 Å². The quantitative estimate of drug-likeness (QED) is 0.643. The van der Waals surface area contributed by atoms with Gasteiger partial charge >= 0.3 is 0 Å². The number of hydrogen-bond donors (Lipinski definition) is 0. The fraction of sp³-hybridized carbons (Fsp3) is 0.348. The highest BCUT2D eigenvalue weighted by molar-refractivity contribution is 7.93. The van der Waals surface area contributed by atoms with Crippen molar-refractivity contribution in [2.45, 2.75) is 19.4 Å². The Morgan fingerprint density at radius 3 is 2.58 bits per heavy atom. The molecule has 8 heteroatoms. The second-order valence-electron chi connectivity index (χ2n) is 7.54. The highest BCUT2D eigenvalue weighted by Gasteiger charge is 2.28. The molecule has 2 aliphatic heterocycles. The van der Waals surface area contributed by atoms with Crippen LogP contribution in [0.25, 0.3) is 6.08 Å². The molecule has 1 atom stereocenters. The van der Waals surface area contributed by atoms with E-state index in [1.54, 1.807) is 23.1 Å². The van der Waals surface area contributed by atoms with Gasteiger partial charge in [-0.3, -0.25) is 9.10 Å². The van der Waals surface area contributed by atoms with Crippen LogP contribution in [-0.2, 0) is 14.8 Å². The highest BCUT2D eigenvalue weighted by atomic mass is 32.2. The molecule has 2 heterocycles. The number of rotatable bonds is 6. The van der Waals surface area contributed by atoms with Crippen LogP contribution < -0.4 is 13.8 Å². The van der Waals surface area contributed by atoms with Crippen molar-refractivity contribution in [3.05, 3.63) is 60.2 Å². The van der Waals surface area contributed by atoms with Gasteiger partial charge in [0.15, 0.2) is 17.6 Å². The number of fused-ring (bicyclic) bond motifs is 1. The van der Waals surface area contributed by atoms with Crippen LogP contribution in [0.2, 0.25) is 0 Å². The lowest BCUT2D eigenvalue weighted by Gasteiger charge is -2.30. The van der Waals surface area contributed by atoms with Crippen molar-refractivity contribution in [1.82, 2.24) is 4.90 Å². The lowest BCUT2D eigenvalue weighted by atomic mass is 10.2. The van der Waals surface area contributed by atoms with Crippen molar-refractivity contribution in [2.75, 3.05) is 36.3 Å². The van der Waals surface area contributed by atoms with E-state index >= 15 is 0 Å². The molecule has 1 amide bonds. The first-order chi connectivity index (χ1) is 15.0. The Balaban J connectivity index is 1.36. The number of hydrogen-bond acceptors (Lipinski definition) is 5. The van der Waals surface area contributed by atoms with Crippen molar-refractivity contribution >= 4 is 27.7 Å². The number of carbonyl (C=O) groups is 1. The van der Waals surface area contributed by atoms with E-state index in [9.17, 15) is 13.2 Å². The van der Waals surface area contributed by atoms with Crippen LogP contribution in [0.3, 0.4) is 0 Å². The number of para-hydroxylation sites is 2. The number of likely N-dealkylation sites (N-methyl/N-ethyl adjacent to an activating group) is 1. The summed E-state index contributed by atoms with van der Waals surface area (Å²) in [7, 11) is -3.19. The van der Waals surface area contributed by atoms with Crippen molar-refractivity contribution < 1.29 is 22.7 Å². The van der Waals surface area contributed by atoms with E-state index in [1.165, 1.54) is 10.4 Å². The Morgan fingerprint density at radius 1 is 1.16 bits per heavy atom. The minimum absolute atomic E-state index is 0.115. The van der Waals surface area contributed by atoms with Crippen molar-refractivity contribution in [1.29, 1.82) is 0 Å². The van der Waals surface area contributed by atoms with E-state index in [0.717, 1.165) is 11.3 Å². The van der Waals surface area contributed by atoms with Crippen molar-refractivity contribution in [3.63, 3.8) is 0 Å². The largest absolute Gasteiger partial charge is 0.486 e. The fourth-order valence-corrected chi connectivity index (χ4v) is 5.29. The smallest absolute Gasteiger partial charge is 0.246 e. The van der Waals surface area contributed by atoms with Gasteiger partial charge in [0.05, 0.1) is 18.0 Å². The Kier molecular flexibility index (Phi) is 6.18. The maximum Gasteiger partial charge on any atom is 0.246 e. The minimum atomic E-state index is -3.19. The molecular weight excluding hydrogens is 416 g/mol. The molecule has 164 valence electrons. The zero-order valence-corrected chi connectivity index (χ0v) is 18.3. The minimum Gasteiger partial charge on any atom is -0.486 e. The lowest BCUT2D eigenvalue weighted by molar-refractivity contribution is -0.127. The molecule has 1 saturated heterocycles. The summed E-state index contributed by atoms with van der Waals surface area (Å²) in [4.78, 5) is 14.4. The van der Waals surface area contributed by atoms with Gasteiger partial charge in [-0.05, 0) is 49.2 Å². The molecule has 0 radical (unpaired) electrons. The van der Waals surface area contributed by atoms with E-state index in [0.29, 0.717) is 44.1 Å². The van der Waals surface area contributed by atoms with Gasteiger partial charge in [-0.25, -0.2) is 8.42 Å². The predicted molar refractivity (Wildman–Crippen MR) is 120 cm³/mol. The average molecular weight is 443 g/mol. The number of sulfonamides is 1. The second kappa shape index (κ2) is 9.01. The molecule has 2 aromatic carbocycles. The van der Waals surface area contributed by atoms with E-state index in [-0.39, 0.29) is 17.8 Å². The summed E-state index contributed by atoms with van der Waals surface area (Å²) >= 11 is 0. The van der Waals surface area contributed by atoms with Crippen LogP contribution in [0.4, 0.5) is 5.69 Å². The molecular formula is C23H26N2O5S. The molecule has 1 unspecified atom stereocenters. The summed E-state index contributed by atoms with van der Waals surface area (Å²) in [5.74, 6) is 1.49. The van der Waals surface area contributed by atoms with Gasteiger partial charge in [-0.2, -0.15) is 0 Å². The van der Waals surface area contributed by atoms with Gasteiger partial charge in [-0.15, -0.1) is 0 Å². The van der Waals surface area contributed by atoms with Gasteiger partial charge in [0.2, 0.25) is 15.9 Å². The van der Waals surface area contributed by atoms with Crippen LogP contribution in [-0.4, -0.2) is 57.3 Å².